The highest BCUT2D eigenvalue weighted by Gasteiger charge is 2.36. The van der Waals surface area contributed by atoms with E-state index < -0.39 is 0 Å². The Morgan fingerprint density at radius 1 is 1.06 bits per heavy atom. The first kappa shape index (κ1) is 11.6. The van der Waals surface area contributed by atoms with Crippen LogP contribution in [0.25, 0.3) is 0 Å². The van der Waals surface area contributed by atoms with E-state index in [1.54, 1.807) is 0 Å². The van der Waals surface area contributed by atoms with Crippen LogP contribution in [-0.4, -0.2) is 35.8 Å². The summed E-state index contributed by atoms with van der Waals surface area (Å²) in [7, 11) is 0. The largest absolute Gasteiger partial charge is 0.314 e. The summed E-state index contributed by atoms with van der Waals surface area (Å²) in [5, 5.41) is 3.29. The Hall–Kier alpha value is -0.900. The molecule has 0 aromatic rings. The van der Waals surface area contributed by atoms with Crippen molar-refractivity contribution < 1.29 is 9.59 Å². The Morgan fingerprint density at radius 2 is 1.69 bits per heavy atom. The third kappa shape index (κ3) is 2.26. The molecule has 0 saturated carbocycles. The molecule has 0 radical (unpaired) electrons. The fourth-order valence-electron chi connectivity index (χ4n) is 2.74. The summed E-state index contributed by atoms with van der Waals surface area (Å²) in [5.41, 5.74) is 0. The van der Waals surface area contributed by atoms with E-state index in [2.05, 4.69) is 12.2 Å². The van der Waals surface area contributed by atoms with E-state index in [1.807, 2.05) is 6.92 Å². The summed E-state index contributed by atoms with van der Waals surface area (Å²) >= 11 is 0. The minimum atomic E-state index is 0.0182. The summed E-state index contributed by atoms with van der Waals surface area (Å²) in [4.78, 5) is 25.3. The van der Waals surface area contributed by atoms with Crippen LogP contribution in [0.1, 0.15) is 33.1 Å². The molecular formula is C12H20N2O2. The smallest absolute Gasteiger partial charge is 0.229 e. The van der Waals surface area contributed by atoms with Gasteiger partial charge < -0.3 is 5.32 Å². The second-order valence-electron chi connectivity index (χ2n) is 5.32. The molecule has 90 valence electrons. The van der Waals surface area contributed by atoms with Crippen molar-refractivity contribution in [2.45, 2.75) is 39.2 Å². The third-order valence-electron chi connectivity index (χ3n) is 3.50. The lowest BCUT2D eigenvalue weighted by Crippen LogP contribution is -2.55. The summed E-state index contributed by atoms with van der Waals surface area (Å²) in [5.74, 6) is 0.790. The van der Waals surface area contributed by atoms with Crippen LogP contribution >= 0.6 is 0 Å². The lowest BCUT2D eigenvalue weighted by atomic mass is 9.91. The minimum Gasteiger partial charge on any atom is -0.314 e. The lowest BCUT2D eigenvalue weighted by molar-refractivity contribution is -0.153. The normalized spacial score (nSPS) is 33.2. The van der Waals surface area contributed by atoms with Crippen LogP contribution < -0.4 is 5.32 Å². The molecule has 2 aliphatic heterocycles. The van der Waals surface area contributed by atoms with Crippen molar-refractivity contribution in [3.63, 3.8) is 0 Å². The topological polar surface area (TPSA) is 49.4 Å². The van der Waals surface area contributed by atoms with E-state index >= 15 is 0 Å². The molecule has 0 aromatic heterocycles. The van der Waals surface area contributed by atoms with Gasteiger partial charge in [-0.2, -0.15) is 0 Å². The maximum absolute atomic E-state index is 11.9. The molecule has 2 atom stereocenters. The van der Waals surface area contributed by atoms with Gasteiger partial charge in [-0.05, 0) is 24.8 Å². The second kappa shape index (κ2) is 4.53. The van der Waals surface area contributed by atoms with Gasteiger partial charge >= 0.3 is 0 Å². The number of hydrogen-bond acceptors (Lipinski definition) is 3. The molecule has 2 amide bonds. The number of carbonyl (C=O) groups is 2. The van der Waals surface area contributed by atoms with Crippen LogP contribution in [0, 0.1) is 11.8 Å². The monoisotopic (exact) mass is 224 g/mol. The molecule has 16 heavy (non-hydrogen) atoms. The molecular weight excluding hydrogens is 204 g/mol. The Bertz CT molecular complexity index is 285. The summed E-state index contributed by atoms with van der Waals surface area (Å²) in [6.07, 6.45) is 1.99. The predicted octanol–water partition coefficient (Wildman–Crippen LogP) is 0.769. The van der Waals surface area contributed by atoms with Crippen molar-refractivity contribution in [2.75, 3.05) is 13.1 Å². The second-order valence-corrected chi connectivity index (χ2v) is 5.32. The Labute approximate surface area is 96.4 Å². The van der Waals surface area contributed by atoms with Gasteiger partial charge in [0, 0.05) is 19.4 Å². The van der Waals surface area contributed by atoms with Crippen LogP contribution in [-0.2, 0) is 9.59 Å². The van der Waals surface area contributed by atoms with E-state index in [9.17, 15) is 9.59 Å². The molecule has 0 aliphatic carbocycles. The molecule has 2 saturated heterocycles. The molecule has 2 heterocycles. The maximum atomic E-state index is 11.9. The van der Waals surface area contributed by atoms with Crippen molar-refractivity contribution in [2.24, 2.45) is 11.8 Å². The minimum absolute atomic E-state index is 0.0182. The van der Waals surface area contributed by atoms with E-state index in [0.29, 0.717) is 18.8 Å². The molecule has 2 unspecified atom stereocenters. The van der Waals surface area contributed by atoms with E-state index in [1.165, 1.54) is 4.90 Å². The van der Waals surface area contributed by atoms with E-state index in [-0.39, 0.29) is 23.8 Å². The SMILES string of the molecule is CC1CC(=O)N(C2CNCC(C)C2)C(=O)C1. The molecule has 0 spiro atoms. The number of carbonyl (C=O) groups excluding carboxylic acids is 2. The predicted molar refractivity (Wildman–Crippen MR) is 60.7 cm³/mol. The molecule has 2 fully saturated rings. The third-order valence-corrected chi connectivity index (χ3v) is 3.50. The first-order valence-corrected chi connectivity index (χ1v) is 6.13. The molecule has 4 heteroatoms. The fourth-order valence-corrected chi connectivity index (χ4v) is 2.74. The van der Waals surface area contributed by atoms with E-state index in [0.717, 1.165) is 19.5 Å². The number of piperidine rings is 2. The number of amides is 2. The number of nitrogens with one attached hydrogen (secondary N) is 1. The number of imide groups is 1. The van der Waals surface area contributed by atoms with Gasteiger partial charge in [0.05, 0.1) is 6.04 Å². The van der Waals surface area contributed by atoms with Crippen LogP contribution in [0.2, 0.25) is 0 Å². The van der Waals surface area contributed by atoms with Gasteiger partial charge in [0.25, 0.3) is 0 Å². The highest BCUT2D eigenvalue weighted by molar-refractivity contribution is 5.98. The van der Waals surface area contributed by atoms with Gasteiger partial charge in [-0.1, -0.05) is 13.8 Å². The van der Waals surface area contributed by atoms with Crippen LogP contribution in [0.15, 0.2) is 0 Å². The van der Waals surface area contributed by atoms with Crippen LogP contribution in [0.5, 0.6) is 0 Å². The van der Waals surface area contributed by atoms with Crippen LogP contribution in [0.3, 0.4) is 0 Å². The van der Waals surface area contributed by atoms with Crippen LogP contribution in [0.4, 0.5) is 0 Å². The van der Waals surface area contributed by atoms with Crippen molar-refractivity contribution in [3.8, 4) is 0 Å². The zero-order valence-electron chi connectivity index (χ0n) is 10.0. The van der Waals surface area contributed by atoms with Gasteiger partial charge in [0.1, 0.15) is 0 Å². The van der Waals surface area contributed by atoms with Crippen molar-refractivity contribution in [1.82, 2.24) is 10.2 Å². The zero-order chi connectivity index (χ0) is 11.7. The quantitative estimate of drug-likeness (QED) is 0.669. The van der Waals surface area contributed by atoms with Gasteiger partial charge in [0.15, 0.2) is 0 Å². The van der Waals surface area contributed by atoms with Crippen molar-refractivity contribution >= 4 is 11.8 Å². The molecule has 0 aromatic carbocycles. The van der Waals surface area contributed by atoms with Gasteiger partial charge in [-0.15, -0.1) is 0 Å². The van der Waals surface area contributed by atoms with Gasteiger partial charge in [-0.3, -0.25) is 14.5 Å². The van der Waals surface area contributed by atoms with E-state index in [4.69, 9.17) is 0 Å². The highest BCUT2D eigenvalue weighted by atomic mass is 16.2. The number of hydrogen-bond donors (Lipinski definition) is 1. The molecule has 2 rings (SSSR count). The summed E-state index contributed by atoms with van der Waals surface area (Å²) in [6.45, 7) is 5.87. The average molecular weight is 224 g/mol. The van der Waals surface area contributed by atoms with Crippen molar-refractivity contribution in [3.05, 3.63) is 0 Å². The zero-order valence-corrected chi connectivity index (χ0v) is 10.0. The Balaban J connectivity index is 2.07. The number of nitrogens with zero attached hydrogens (tertiary/aromatic N) is 1. The molecule has 2 aliphatic rings. The van der Waals surface area contributed by atoms with Crippen molar-refractivity contribution in [1.29, 1.82) is 0 Å². The first-order valence-electron chi connectivity index (χ1n) is 6.13. The maximum Gasteiger partial charge on any atom is 0.229 e. The first-order chi connectivity index (χ1) is 7.58. The lowest BCUT2D eigenvalue weighted by Gasteiger charge is -2.38. The fraction of sp³-hybridized carbons (Fsp3) is 0.833. The molecule has 4 nitrogen and oxygen atoms in total. The Morgan fingerprint density at radius 3 is 2.25 bits per heavy atom. The average Bonchev–Trinajstić information content (AvgIpc) is 2.15. The molecule has 1 N–H and O–H groups in total. The number of rotatable bonds is 1. The standard InChI is InChI=1S/C12H20N2O2/c1-8-4-11(15)14(12(16)5-8)10-3-9(2)6-13-7-10/h8-10,13H,3-7H2,1-2H3. The highest BCUT2D eigenvalue weighted by Crippen LogP contribution is 2.24. The molecule has 0 bridgehead atoms. The van der Waals surface area contributed by atoms with Gasteiger partial charge in [0.2, 0.25) is 11.8 Å². The Kier molecular flexibility index (Phi) is 3.28. The summed E-state index contributed by atoms with van der Waals surface area (Å²) in [6, 6.07) is 0.0799. The number of likely N-dealkylation sites (tertiary alicyclic amines) is 1. The summed E-state index contributed by atoms with van der Waals surface area (Å²) < 4.78 is 0. The van der Waals surface area contributed by atoms with Gasteiger partial charge in [-0.25, -0.2) is 0 Å².